The molecule has 0 unspecified atom stereocenters. The fourth-order valence-electron chi connectivity index (χ4n) is 2.55. The molecule has 27 heavy (non-hydrogen) atoms. The summed E-state index contributed by atoms with van der Waals surface area (Å²) in [4.78, 5) is 16.4. The van der Waals surface area contributed by atoms with E-state index >= 15 is 0 Å². The Morgan fingerprint density at radius 1 is 1.19 bits per heavy atom. The van der Waals surface area contributed by atoms with Crippen LogP contribution in [0.5, 0.6) is 0 Å². The third-order valence-corrected chi connectivity index (χ3v) is 4.15. The van der Waals surface area contributed by atoms with E-state index in [1.165, 1.54) is 0 Å². The highest BCUT2D eigenvalue weighted by Gasteiger charge is 2.21. The van der Waals surface area contributed by atoms with Gasteiger partial charge < -0.3 is 9.84 Å². The number of aryl methyl sites for hydroxylation is 1. The van der Waals surface area contributed by atoms with Crippen LogP contribution in [-0.4, -0.2) is 32.4 Å². The van der Waals surface area contributed by atoms with E-state index in [1.807, 2.05) is 49.8 Å². The van der Waals surface area contributed by atoms with Gasteiger partial charge in [0.05, 0.1) is 5.69 Å². The molecule has 0 bridgehead atoms. The fourth-order valence-corrected chi connectivity index (χ4v) is 2.55. The summed E-state index contributed by atoms with van der Waals surface area (Å²) in [6.45, 7) is 6.67. The molecule has 7 heteroatoms. The number of hydrogen-bond acceptors (Lipinski definition) is 5. The van der Waals surface area contributed by atoms with Crippen molar-refractivity contribution in [3.05, 3.63) is 60.0 Å². The van der Waals surface area contributed by atoms with Crippen LogP contribution in [0.2, 0.25) is 0 Å². The van der Waals surface area contributed by atoms with E-state index in [-0.39, 0.29) is 11.3 Å². The molecule has 3 aromatic rings. The highest BCUT2D eigenvalue weighted by Crippen LogP contribution is 2.18. The molecule has 3 rings (SSSR count). The second-order valence-electron chi connectivity index (χ2n) is 7.48. The lowest BCUT2D eigenvalue weighted by atomic mass is 9.96. The van der Waals surface area contributed by atoms with Gasteiger partial charge in [-0.3, -0.25) is 4.79 Å². The van der Waals surface area contributed by atoms with Crippen molar-refractivity contribution in [3.8, 4) is 5.69 Å². The predicted molar refractivity (Wildman–Crippen MR) is 102 cm³/mol. The second kappa shape index (κ2) is 8.16. The summed E-state index contributed by atoms with van der Waals surface area (Å²) in [6.07, 6.45) is 5.22. The Kier molecular flexibility index (Phi) is 5.69. The first-order chi connectivity index (χ1) is 12.9. The number of benzene rings is 1. The van der Waals surface area contributed by atoms with Crippen LogP contribution < -0.4 is 5.32 Å². The fraction of sp³-hybridized carbons (Fsp3) is 0.400. The van der Waals surface area contributed by atoms with Crippen LogP contribution in [0.4, 0.5) is 0 Å². The van der Waals surface area contributed by atoms with E-state index in [0.717, 1.165) is 17.7 Å². The van der Waals surface area contributed by atoms with Gasteiger partial charge in [-0.05, 0) is 30.2 Å². The summed E-state index contributed by atoms with van der Waals surface area (Å²) in [6, 6.07) is 10.0. The Bertz CT molecular complexity index is 861. The maximum atomic E-state index is 12.0. The highest BCUT2D eigenvalue weighted by atomic mass is 16.5. The first-order valence-corrected chi connectivity index (χ1v) is 9.10. The molecule has 7 nitrogen and oxygen atoms in total. The predicted octanol–water partition coefficient (Wildman–Crippen LogP) is 2.84. The van der Waals surface area contributed by atoms with Gasteiger partial charge in [-0.25, -0.2) is 4.68 Å². The molecule has 0 aliphatic heterocycles. The number of carbonyl (C=O) groups is 1. The number of rotatable bonds is 7. The van der Waals surface area contributed by atoms with Gasteiger partial charge in [-0.1, -0.05) is 38.1 Å². The van der Waals surface area contributed by atoms with Gasteiger partial charge in [0, 0.05) is 37.2 Å². The maximum Gasteiger partial charge on any atom is 0.227 e. The first kappa shape index (κ1) is 18.8. The Labute approximate surface area is 158 Å². The molecule has 0 spiro atoms. The van der Waals surface area contributed by atoms with Gasteiger partial charge in [0.25, 0.3) is 0 Å². The largest absolute Gasteiger partial charge is 0.356 e. The third kappa shape index (κ3) is 5.26. The van der Waals surface area contributed by atoms with Crippen LogP contribution >= 0.6 is 0 Å². The summed E-state index contributed by atoms with van der Waals surface area (Å²) in [5.41, 5.74) is 2.02. The molecule has 0 aliphatic carbocycles. The SMILES string of the molecule is CC(C)(C)c1noc(CCC(=O)NCCc2ccc(-n3cccn3)cc2)n1. The van der Waals surface area contributed by atoms with Crippen LogP contribution in [0.1, 0.15) is 44.5 Å². The third-order valence-electron chi connectivity index (χ3n) is 4.15. The molecule has 2 aromatic heterocycles. The van der Waals surface area contributed by atoms with Crippen molar-refractivity contribution in [1.29, 1.82) is 0 Å². The van der Waals surface area contributed by atoms with Crippen LogP contribution in [-0.2, 0) is 23.1 Å². The van der Waals surface area contributed by atoms with E-state index in [1.54, 1.807) is 6.20 Å². The smallest absolute Gasteiger partial charge is 0.227 e. The summed E-state index contributed by atoms with van der Waals surface area (Å²) in [7, 11) is 0. The number of nitrogens with one attached hydrogen (secondary N) is 1. The van der Waals surface area contributed by atoms with Crippen LogP contribution in [0.15, 0.2) is 47.2 Å². The second-order valence-corrected chi connectivity index (χ2v) is 7.48. The van der Waals surface area contributed by atoms with E-state index in [4.69, 9.17) is 4.52 Å². The van der Waals surface area contributed by atoms with E-state index in [2.05, 4.69) is 32.7 Å². The molecule has 1 N–H and O–H groups in total. The molecule has 1 amide bonds. The summed E-state index contributed by atoms with van der Waals surface area (Å²) >= 11 is 0. The molecule has 0 saturated carbocycles. The monoisotopic (exact) mass is 367 g/mol. The number of carbonyl (C=O) groups excluding carboxylic acids is 1. The van der Waals surface area contributed by atoms with Crippen LogP contribution in [0, 0.1) is 0 Å². The minimum Gasteiger partial charge on any atom is -0.356 e. The van der Waals surface area contributed by atoms with E-state index < -0.39 is 0 Å². The first-order valence-electron chi connectivity index (χ1n) is 9.10. The van der Waals surface area contributed by atoms with Gasteiger partial charge in [-0.15, -0.1) is 0 Å². The van der Waals surface area contributed by atoms with Crippen LogP contribution in [0.25, 0.3) is 5.69 Å². The average molecular weight is 367 g/mol. The van der Waals surface area contributed by atoms with Gasteiger partial charge in [0.1, 0.15) is 0 Å². The summed E-state index contributed by atoms with van der Waals surface area (Å²) in [5.74, 6) is 1.15. The highest BCUT2D eigenvalue weighted by molar-refractivity contribution is 5.76. The molecular formula is C20H25N5O2. The van der Waals surface area contributed by atoms with Crippen molar-refractivity contribution in [3.63, 3.8) is 0 Å². The standard InChI is InChI=1S/C20H25N5O2/c1-20(2,3)19-23-18(27-24-19)10-9-17(26)21-13-11-15-5-7-16(8-6-15)25-14-4-12-22-25/h4-8,12,14H,9-11,13H2,1-3H3,(H,21,26). The number of hydrogen-bond donors (Lipinski definition) is 1. The van der Waals surface area contributed by atoms with Crippen molar-refractivity contribution in [2.75, 3.05) is 6.54 Å². The van der Waals surface area contributed by atoms with E-state index in [0.29, 0.717) is 31.1 Å². The van der Waals surface area contributed by atoms with Gasteiger partial charge in [0.15, 0.2) is 5.82 Å². The lowest BCUT2D eigenvalue weighted by Crippen LogP contribution is -2.25. The van der Waals surface area contributed by atoms with Crippen molar-refractivity contribution in [1.82, 2.24) is 25.2 Å². The lowest BCUT2D eigenvalue weighted by Gasteiger charge is -2.10. The maximum absolute atomic E-state index is 12.0. The van der Waals surface area contributed by atoms with Crippen molar-refractivity contribution in [2.24, 2.45) is 0 Å². The quantitative estimate of drug-likeness (QED) is 0.694. The molecule has 1 aromatic carbocycles. The Hall–Kier alpha value is -2.96. The Balaban J connectivity index is 1.40. The van der Waals surface area contributed by atoms with Crippen LogP contribution in [0.3, 0.4) is 0 Å². The van der Waals surface area contributed by atoms with Gasteiger partial charge in [0.2, 0.25) is 11.8 Å². The molecule has 0 fully saturated rings. The van der Waals surface area contributed by atoms with E-state index in [9.17, 15) is 4.79 Å². The summed E-state index contributed by atoms with van der Waals surface area (Å²) < 4.78 is 7.02. The molecule has 142 valence electrons. The Morgan fingerprint density at radius 3 is 2.59 bits per heavy atom. The minimum absolute atomic E-state index is 0.0151. The molecule has 0 atom stereocenters. The van der Waals surface area contributed by atoms with Gasteiger partial charge in [-0.2, -0.15) is 10.1 Å². The van der Waals surface area contributed by atoms with Crippen molar-refractivity contribution < 1.29 is 9.32 Å². The molecule has 0 radical (unpaired) electrons. The average Bonchev–Trinajstić information content (AvgIpc) is 3.32. The molecular weight excluding hydrogens is 342 g/mol. The van der Waals surface area contributed by atoms with Crippen molar-refractivity contribution in [2.45, 2.75) is 45.4 Å². The summed E-state index contributed by atoms with van der Waals surface area (Å²) in [5, 5.41) is 11.1. The minimum atomic E-state index is -0.156. The number of nitrogens with zero attached hydrogens (tertiary/aromatic N) is 4. The molecule has 0 aliphatic rings. The topological polar surface area (TPSA) is 85.8 Å². The lowest BCUT2D eigenvalue weighted by molar-refractivity contribution is -0.121. The molecule has 2 heterocycles. The zero-order chi connectivity index (χ0) is 19.3. The normalized spacial score (nSPS) is 11.5. The Morgan fingerprint density at radius 2 is 1.96 bits per heavy atom. The van der Waals surface area contributed by atoms with Crippen molar-refractivity contribution >= 4 is 5.91 Å². The molecule has 0 saturated heterocycles. The zero-order valence-electron chi connectivity index (χ0n) is 16.0. The number of aromatic nitrogens is 4. The zero-order valence-corrected chi connectivity index (χ0v) is 16.0. The van der Waals surface area contributed by atoms with Gasteiger partial charge >= 0.3 is 0 Å². The number of amides is 1.